The molecule has 0 N–H and O–H groups in total. The third-order valence-electron chi connectivity index (χ3n) is 1.50. The fourth-order valence-corrected chi connectivity index (χ4v) is 0.982. The van der Waals surface area contributed by atoms with Crippen molar-refractivity contribution in [1.82, 2.24) is 0 Å². The van der Waals surface area contributed by atoms with E-state index in [2.05, 4.69) is 4.99 Å². The van der Waals surface area contributed by atoms with E-state index in [9.17, 15) is 4.79 Å². The molecule has 0 aromatic rings. The van der Waals surface area contributed by atoms with Crippen LogP contribution in [-0.4, -0.2) is 12.0 Å². The molecule has 0 saturated heterocycles. The molecule has 0 radical (unpaired) electrons. The quantitative estimate of drug-likeness (QED) is 0.509. The van der Waals surface area contributed by atoms with Crippen molar-refractivity contribution in [2.75, 3.05) is 0 Å². The van der Waals surface area contributed by atoms with E-state index in [0.29, 0.717) is 5.71 Å². The molecule has 1 heterocycles. The number of carbonyl (C=O) groups excluding carboxylic acids is 1. The van der Waals surface area contributed by atoms with E-state index in [4.69, 9.17) is 0 Å². The summed E-state index contributed by atoms with van der Waals surface area (Å²) in [6.07, 6.45) is 1.73. The predicted octanol–water partition coefficient (Wildman–Crippen LogP) is 1.32. The summed E-state index contributed by atoms with van der Waals surface area (Å²) in [5, 5.41) is 0. The summed E-state index contributed by atoms with van der Waals surface area (Å²) in [5.41, 5.74) is 2.76. The lowest BCUT2D eigenvalue weighted by Gasteiger charge is -2.13. The van der Waals surface area contributed by atoms with Crippen molar-refractivity contribution in [3.05, 3.63) is 11.3 Å². The van der Waals surface area contributed by atoms with E-state index >= 15 is 0 Å². The smallest absolute Gasteiger partial charge is 0.168 e. The molecule has 0 bridgehead atoms. The summed E-state index contributed by atoms with van der Waals surface area (Å²) >= 11 is 0. The van der Waals surface area contributed by atoms with E-state index in [-0.39, 0.29) is 0 Å². The lowest BCUT2D eigenvalue weighted by Crippen LogP contribution is -2.13. The maximum Gasteiger partial charge on any atom is 0.168 e. The van der Waals surface area contributed by atoms with Gasteiger partial charge in [-0.05, 0) is 13.3 Å². The Balaban J connectivity index is 2.69. The van der Waals surface area contributed by atoms with Crippen molar-refractivity contribution in [1.29, 1.82) is 0 Å². The van der Waals surface area contributed by atoms with Gasteiger partial charge >= 0.3 is 0 Å². The van der Waals surface area contributed by atoms with Crippen LogP contribution in [0.4, 0.5) is 0 Å². The Bertz CT molecular complexity index is 201. The van der Waals surface area contributed by atoms with Crippen molar-refractivity contribution >= 4 is 12.0 Å². The molecule has 48 valence electrons. The Morgan fingerprint density at radius 3 is 2.56 bits per heavy atom. The Morgan fingerprint density at radius 1 is 1.67 bits per heavy atom. The summed E-state index contributed by atoms with van der Waals surface area (Å²) in [6, 6.07) is 0. The fourth-order valence-electron chi connectivity index (χ4n) is 0.982. The molecule has 1 aliphatic rings. The zero-order valence-corrected chi connectivity index (χ0v) is 5.64. The van der Waals surface area contributed by atoms with Gasteiger partial charge in [0.1, 0.15) is 5.71 Å². The second-order valence-electron chi connectivity index (χ2n) is 2.03. The van der Waals surface area contributed by atoms with Crippen molar-refractivity contribution in [3.8, 4) is 0 Å². The minimum absolute atomic E-state index is 0.634. The van der Waals surface area contributed by atoms with E-state index in [1.165, 1.54) is 0 Å². The first kappa shape index (κ1) is 6.20. The van der Waals surface area contributed by atoms with Crippen molar-refractivity contribution < 1.29 is 4.79 Å². The zero-order valence-electron chi connectivity index (χ0n) is 5.64. The highest BCUT2D eigenvalue weighted by atomic mass is 16.1. The molecule has 0 atom stereocenters. The number of allylic oxidation sites excluding steroid dienone is 2. The molecule has 0 spiro atoms. The number of carbonyl (C=O) groups is 1. The molecule has 0 unspecified atom stereocenters. The van der Waals surface area contributed by atoms with Gasteiger partial charge in [-0.1, -0.05) is 6.92 Å². The van der Waals surface area contributed by atoms with Gasteiger partial charge in [-0.3, -0.25) is 4.79 Å². The first-order valence-corrected chi connectivity index (χ1v) is 3.03. The number of aliphatic imine (C=N–C) groups is 1. The number of rotatable bonds is 2. The van der Waals surface area contributed by atoms with Gasteiger partial charge in [0, 0.05) is 11.3 Å². The van der Waals surface area contributed by atoms with Crippen LogP contribution in [0.15, 0.2) is 16.3 Å². The highest BCUT2D eigenvalue weighted by molar-refractivity contribution is 6.39. The summed E-state index contributed by atoms with van der Waals surface area (Å²) in [7, 11) is 0. The molecule has 2 nitrogen and oxygen atoms in total. The fraction of sp³-hybridized carbons (Fsp3) is 0.429. The van der Waals surface area contributed by atoms with Gasteiger partial charge in [0.2, 0.25) is 0 Å². The van der Waals surface area contributed by atoms with E-state index in [1.54, 1.807) is 0 Å². The summed E-state index contributed by atoms with van der Waals surface area (Å²) in [4.78, 5) is 14.1. The maximum atomic E-state index is 10.1. The molecule has 0 aliphatic carbocycles. The van der Waals surface area contributed by atoms with Crippen LogP contribution in [0.5, 0.6) is 0 Å². The first-order valence-electron chi connectivity index (χ1n) is 3.03. The lowest BCUT2D eigenvalue weighted by atomic mass is 10.0. The molecule has 0 aromatic carbocycles. The number of hydrogen-bond donors (Lipinski definition) is 0. The molecule has 1 aliphatic heterocycles. The number of aldehydes is 1. The minimum Gasteiger partial charge on any atom is -0.296 e. The van der Waals surface area contributed by atoms with Gasteiger partial charge in [0.05, 0.1) is 0 Å². The van der Waals surface area contributed by atoms with Crippen LogP contribution in [-0.2, 0) is 4.79 Å². The molecule has 9 heavy (non-hydrogen) atoms. The van der Waals surface area contributed by atoms with Gasteiger partial charge in [-0.25, -0.2) is 4.99 Å². The first-order chi connectivity index (χ1) is 4.29. The molecule has 1 rings (SSSR count). The van der Waals surface area contributed by atoms with Crippen molar-refractivity contribution in [3.63, 3.8) is 0 Å². The highest BCUT2D eigenvalue weighted by Crippen LogP contribution is 2.20. The Hall–Kier alpha value is -0.920. The van der Waals surface area contributed by atoms with Crippen LogP contribution in [0.25, 0.3) is 0 Å². The summed E-state index contributed by atoms with van der Waals surface area (Å²) < 4.78 is 0. The molecular formula is C7H9NO. The minimum atomic E-state index is 0.634. The normalized spacial score (nSPS) is 16.9. The molecule has 2 heteroatoms. The largest absolute Gasteiger partial charge is 0.296 e. The Labute approximate surface area is 54.3 Å². The number of hydrogen-bond acceptors (Lipinski definition) is 2. The maximum absolute atomic E-state index is 10.1. The lowest BCUT2D eigenvalue weighted by molar-refractivity contribution is -0.102. The molecule has 0 amide bonds. The molecule has 0 aromatic heterocycles. The molecule has 0 saturated carbocycles. The summed E-state index contributed by atoms with van der Waals surface area (Å²) in [6.45, 7) is 3.95. The van der Waals surface area contributed by atoms with Crippen LogP contribution in [0, 0.1) is 0 Å². The van der Waals surface area contributed by atoms with Crippen molar-refractivity contribution in [2.45, 2.75) is 20.3 Å². The van der Waals surface area contributed by atoms with Crippen molar-refractivity contribution in [2.24, 2.45) is 4.99 Å². The van der Waals surface area contributed by atoms with Gasteiger partial charge in [-0.2, -0.15) is 0 Å². The van der Waals surface area contributed by atoms with Crippen LogP contribution >= 0.6 is 0 Å². The average molecular weight is 123 g/mol. The second kappa shape index (κ2) is 2.13. The van der Waals surface area contributed by atoms with Gasteiger partial charge in [0.15, 0.2) is 6.29 Å². The number of nitrogens with zero attached hydrogens (tertiary/aromatic N) is 1. The standard InChI is InChI=1S/C7H9NO/c1-3-6-5(2)8-7(6)4-9/h4H,3H2,1-2H3. The van der Waals surface area contributed by atoms with Crippen LogP contribution in [0.1, 0.15) is 20.3 Å². The molecular weight excluding hydrogens is 114 g/mol. The van der Waals surface area contributed by atoms with Gasteiger partial charge in [-0.15, -0.1) is 0 Å². The Kier molecular flexibility index (Phi) is 1.47. The topological polar surface area (TPSA) is 29.4 Å². The van der Waals surface area contributed by atoms with E-state index in [1.807, 2.05) is 13.8 Å². The van der Waals surface area contributed by atoms with Crippen LogP contribution < -0.4 is 0 Å². The van der Waals surface area contributed by atoms with Crippen LogP contribution in [0.2, 0.25) is 0 Å². The van der Waals surface area contributed by atoms with E-state index in [0.717, 1.165) is 24.0 Å². The van der Waals surface area contributed by atoms with Gasteiger partial charge < -0.3 is 0 Å². The SMILES string of the molecule is CCC1=C(C)N=C1C=O. The summed E-state index contributed by atoms with van der Waals surface area (Å²) in [5.74, 6) is 0. The van der Waals surface area contributed by atoms with E-state index < -0.39 is 0 Å². The third-order valence-corrected chi connectivity index (χ3v) is 1.50. The Morgan fingerprint density at radius 2 is 2.33 bits per heavy atom. The average Bonchev–Trinajstić information content (AvgIpc) is 1.83. The van der Waals surface area contributed by atoms with Gasteiger partial charge in [0.25, 0.3) is 0 Å². The third kappa shape index (κ3) is 0.803. The highest BCUT2D eigenvalue weighted by Gasteiger charge is 2.15. The zero-order chi connectivity index (χ0) is 6.85. The molecule has 0 fully saturated rings. The van der Waals surface area contributed by atoms with Crippen LogP contribution in [0.3, 0.4) is 0 Å². The second-order valence-corrected chi connectivity index (χ2v) is 2.03. The predicted molar refractivity (Wildman–Crippen MR) is 36.5 cm³/mol. The monoisotopic (exact) mass is 123 g/mol.